The monoisotopic (exact) mass is 392 g/mol. The van der Waals surface area contributed by atoms with Gasteiger partial charge in [0.15, 0.2) is 8.32 Å². The first kappa shape index (κ1) is 21.2. The maximum atomic E-state index is 12.3. The number of nitrogens with one attached hydrogen (secondary N) is 1. The topological polar surface area (TPSA) is 51.2 Å². The van der Waals surface area contributed by atoms with Gasteiger partial charge in [-0.05, 0) is 37.2 Å². The van der Waals surface area contributed by atoms with Gasteiger partial charge in [-0.1, -0.05) is 46.0 Å². The minimum atomic E-state index is -1.92. The molecule has 1 aliphatic rings. The van der Waals surface area contributed by atoms with Crippen molar-refractivity contribution in [2.24, 2.45) is 11.8 Å². The van der Waals surface area contributed by atoms with Gasteiger partial charge in [0.2, 0.25) is 5.91 Å². The lowest BCUT2D eigenvalue weighted by Crippen LogP contribution is -2.66. The summed E-state index contributed by atoms with van der Waals surface area (Å²) in [6, 6.07) is 5.90. The molecule has 0 bridgehead atoms. The highest BCUT2D eigenvalue weighted by molar-refractivity contribution is 7.80. The molecule has 1 aromatic heterocycles. The minimum Gasteiger partial charge on any atom is -0.413 e. The molecule has 144 valence electrons. The molecule has 1 saturated heterocycles. The zero-order chi connectivity index (χ0) is 19.7. The fraction of sp³-hybridized carbons (Fsp3) is 0.650. The molecule has 0 aliphatic carbocycles. The van der Waals surface area contributed by atoms with Crippen molar-refractivity contribution < 1.29 is 9.22 Å². The molecule has 1 aliphatic heterocycles. The molecule has 4 nitrogen and oxygen atoms in total. The van der Waals surface area contributed by atoms with Crippen LogP contribution in [-0.4, -0.2) is 36.2 Å². The minimum absolute atomic E-state index is 0.0403. The first-order chi connectivity index (χ1) is 11.9. The third-order valence-corrected chi connectivity index (χ3v) is 11.0. The van der Waals surface area contributed by atoms with E-state index in [4.69, 9.17) is 16.6 Å². The van der Waals surface area contributed by atoms with Crippen LogP contribution in [0.4, 0.5) is 0 Å². The Kier molecular flexibility index (Phi) is 6.41. The number of nitrogens with zero attached hydrogens (tertiary/aromatic N) is 1. The van der Waals surface area contributed by atoms with E-state index in [-0.39, 0.29) is 34.9 Å². The molecule has 0 spiro atoms. The summed E-state index contributed by atoms with van der Waals surface area (Å²) in [4.78, 5) is 17.6. The van der Waals surface area contributed by atoms with E-state index in [1.54, 1.807) is 6.20 Å². The number of β-lactam (4-membered cyclic amide) rings is 1. The second-order valence-corrected chi connectivity index (χ2v) is 14.2. The van der Waals surface area contributed by atoms with E-state index in [1.807, 2.05) is 25.1 Å². The van der Waals surface area contributed by atoms with Crippen molar-refractivity contribution in [1.82, 2.24) is 10.3 Å². The largest absolute Gasteiger partial charge is 0.413 e. The standard InChI is InChI=1S/C20H32N2O2SSi/c1-13(16(25)12-15-10-8-9-11-21-15)18-17(19(23)22-18)14(2)24-26(6,7)20(3,4)5/h8-11,13-14,17-18H,12H2,1-7H3,(H,22,23)/t13-,14+,17+,18+/m0/s1. The molecule has 0 saturated carbocycles. The zero-order valence-electron chi connectivity index (χ0n) is 17.0. The van der Waals surface area contributed by atoms with Gasteiger partial charge >= 0.3 is 0 Å². The van der Waals surface area contributed by atoms with E-state index in [2.05, 4.69) is 51.1 Å². The van der Waals surface area contributed by atoms with Crippen LogP contribution in [0.3, 0.4) is 0 Å². The van der Waals surface area contributed by atoms with E-state index in [9.17, 15) is 4.79 Å². The summed E-state index contributed by atoms with van der Waals surface area (Å²) in [6.07, 6.45) is 2.34. The summed E-state index contributed by atoms with van der Waals surface area (Å²) >= 11 is 5.66. The average Bonchev–Trinajstić information content (AvgIpc) is 2.50. The molecule has 2 heterocycles. The van der Waals surface area contributed by atoms with Gasteiger partial charge < -0.3 is 9.74 Å². The number of amides is 1. The van der Waals surface area contributed by atoms with Gasteiger partial charge in [-0.15, -0.1) is 0 Å². The Morgan fingerprint density at radius 3 is 2.50 bits per heavy atom. The molecule has 1 N–H and O–H groups in total. The van der Waals surface area contributed by atoms with Crippen molar-refractivity contribution >= 4 is 31.3 Å². The summed E-state index contributed by atoms with van der Waals surface area (Å²) in [5, 5.41) is 3.18. The first-order valence-electron chi connectivity index (χ1n) is 9.35. The van der Waals surface area contributed by atoms with Crippen molar-refractivity contribution in [3.8, 4) is 0 Å². The van der Waals surface area contributed by atoms with Gasteiger partial charge in [-0.3, -0.25) is 9.78 Å². The smallest absolute Gasteiger partial charge is 0.228 e. The number of carbonyl (C=O) groups is 1. The number of hydrogen-bond donors (Lipinski definition) is 1. The normalized spacial score (nSPS) is 23.0. The van der Waals surface area contributed by atoms with Crippen LogP contribution < -0.4 is 5.32 Å². The van der Waals surface area contributed by atoms with Crippen molar-refractivity contribution in [2.45, 2.75) is 71.3 Å². The molecule has 0 radical (unpaired) electrons. The fourth-order valence-electron chi connectivity index (χ4n) is 3.12. The van der Waals surface area contributed by atoms with Crippen molar-refractivity contribution in [2.75, 3.05) is 0 Å². The Balaban J connectivity index is 2.03. The van der Waals surface area contributed by atoms with Crippen LogP contribution in [0.25, 0.3) is 0 Å². The van der Waals surface area contributed by atoms with Crippen LogP contribution in [0.2, 0.25) is 18.1 Å². The average molecular weight is 393 g/mol. The van der Waals surface area contributed by atoms with E-state index < -0.39 is 8.32 Å². The van der Waals surface area contributed by atoms with Crippen LogP contribution >= 0.6 is 12.2 Å². The summed E-state index contributed by atoms with van der Waals surface area (Å²) in [7, 11) is -1.92. The van der Waals surface area contributed by atoms with Crippen LogP contribution in [-0.2, 0) is 15.6 Å². The fourth-order valence-corrected chi connectivity index (χ4v) is 4.84. The molecule has 1 aromatic rings. The molecule has 0 unspecified atom stereocenters. The molecule has 0 aromatic carbocycles. The predicted octanol–water partition coefficient (Wildman–Crippen LogP) is 4.16. The molecule has 26 heavy (non-hydrogen) atoms. The van der Waals surface area contributed by atoms with Gasteiger partial charge in [0.05, 0.1) is 12.0 Å². The highest BCUT2D eigenvalue weighted by Gasteiger charge is 2.49. The highest BCUT2D eigenvalue weighted by Crippen LogP contribution is 2.39. The first-order valence-corrected chi connectivity index (χ1v) is 12.7. The van der Waals surface area contributed by atoms with E-state index >= 15 is 0 Å². The molecule has 4 atom stereocenters. The molecule has 1 fully saturated rings. The van der Waals surface area contributed by atoms with Gasteiger partial charge in [0.25, 0.3) is 0 Å². The van der Waals surface area contributed by atoms with Gasteiger partial charge in [-0.2, -0.15) is 0 Å². The second-order valence-electron chi connectivity index (χ2n) is 8.90. The van der Waals surface area contributed by atoms with Crippen molar-refractivity contribution in [1.29, 1.82) is 0 Å². The lowest BCUT2D eigenvalue weighted by molar-refractivity contribution is -0.140. The van der Waals surface area contributed by atoms with Gasteiger partial charge in [0, 0.05) is 35.1 Å². The SMILES string of the molecule is C[C@@H](O[Si](C)(C)C(C)(C)C)[C@H]1C(=O)N[C@@H]1[C@@H](C)C(=S)Cc1ccccn1. The quantitative estimate of drug-likeness (QED) is 0.430. The Labute approximate surface area is 164 Å². The summed E-state index contributed by atoms with van der Waals surface area (Å²) in [6.45, 7) is 15.2. The maximum Gasteiger partial charge on any atom is 0.228 e. The predicted molar refractivity (Wildman–Crippen MR) is 113 cm³/mol. The molecule has 6 heteroatoms. The van der Waals surface area contributed by atoms with Crippen molar-refractivity contribution in [3.05, 3.63) is 30.1 Å². The Morgan fingerprint density at radius 1 is 1.35 bits per heavy atom. The second kappa shape index (κ2) is 7.86. The van der Waals surface area contributed by atoms with E-state index in [1.165, 1.54) is 0 Å². The van der Waals surface area contributed by atoms with Crippen LogP contribution in [0.1, 0.15) is 40.3 Å². The van der Waals surface area contributed by atoms with Crippen molar-refractivity contribution in [3.63, 3.8) is 0 Å². The summed E-state index contributed by atoms with van der Waals surface area (Å²) < 4.78 is 6.48. The van der Waals surface area contributed by atoms with Gasteiger partial charge in [-0.25, -0.2) is 0 Å². The maximum absolute atomic E-state index is 12.3. The Bertz CT molecular complexity index is 658. The Morgan fingerprint density at radius 2 is 2.00 bits per heavy atom. The molecule has 2 rings (SSSR count). The summed E-state index contributed by atoms with van der Waals surface area (Å²) in [5.41, 5.74) is 0.970. The number of rotatable bonds is 7. The lowest BCUT2D eigenvalue weighted by atomic mass is 9.77. The third-order valence-electron chi connectivity index (χ3n) is 5.92. The number of thiocarbonyl (C=S) groups is 1. The Hall–Kier alpha value is -1.11. The van der Waals surface area contributed by atoms with E-state index in [0.29, 0.717) is 6.42 Å². The highest BCUT2D eigenvalue weighted by atomic mass is 32.1. The number of aromatic nitrogens is 1. The molecular formula is C20H32N2O2SSi. The number of pyridine rings is 1. The van der Waals surface area contributed by atoms with Crippen LogP contribution in [0, 0.1) is 11.8 Å². The van der Waals surface area contributed by atoms with Gasteiger partial charge in [0.1, 0.15) is 0 Å². The van der Waals surface area contributed by atoms with Crippen LogP contribution in [0.5, 0.6) is 0 Å². The number of carbonyl (C=O) groups excluding carboxylic acids is 1. The molecule has 1 amide bonds. The summed E-state index contributed by atoms with van der Waals surface area (Å²) in [5.74, 6) is 0.0506. The number of hydrogen-bond acceptors (Lipinski definition) is 4. The third kappa shape index (κ3) is 4.59. The zero-order valence-corrected chi connectivity index (χ0v) is 18.8. The van der Waals surface area contributed by atoms with Crippen LogP contribution in [0.15, 0.2) is 24.4 Å². The van der Waals surface area contributed by atoms with E-state index in [0.717, 1.165) is 10.6 Å². The lowest BCUT2D eigenvalue weighted by Gasteiger charge is -2.47. The molecular weight excluding hydrogens is 360 g/mol.